The topological polar surface area (TPSA) is 90.5 Å². The molecule has 0 aromatic heterocycles. The number of piperazine rings is 1. The van der Waals surface area contributed by atoms with E-state index in [1.165, 1.54) is 0 Å². The Morgan fingerprint density at radius 3 is 2.54 bits per heavy atom. The van der Waals surface area contributed by atoms with Crippen LogP contribution in [0.4, 0.5) is 5.69 Å². The lowest BCUT2D eigenvalue weighted by Gasteiger charge is -2.40. The molecule has 2 fully saturated rings. The summed E-state index contributed by atoms with van der Waals surface area (Å²) in [4.78, 5) is 15.8. The van der Waals surface area contributed by atoms with E-state index in [0.717, 1.165) is 42.9 Å². The third-order valence-corrected chi connectivity index (χ3v) is 8.71. The molecule has 8 heteroatoms. The van der Waals surface area contributed by atoms with Gasteiger partial charge in [-0.05, 0) is 62.3 Å². The first-order valence-corrected chi connectivity index (χ1v) is 14.3. The van der Waals surface area contributed by atoms with Crippen LogP contribution in [0.1, 0.15) is 56.2 Å². The van der Waals surface area contributed by atoms with E-state index in [0.29, 0.717) is 32.2 Å². The van der Waals surface area contributed by atoms with Crippen molar-refractivity contribution in [3.05, 3.63) is 59.7 Å². The van der Waals surface area contributed by atoms with Crippen LogP contribution < -0.4 is 15.4 Å². The number of aryl methyl sites for hydroxylation is 1. The normalized spacial score (nSPS) is 23.1. The summed E-state index contributed by atoms with van der Waals surface area (Å²) in [6.07, 6.45) is 3.72. The Bertz CT molecular complexity index is 1100. The molecule has 2 aliphatic rings. The third kappa shape index (κ3) is 6.23. The molecule has 2 aromatic rings. The molecule has 2 aromatic carbocycles. The van der Waals surface area contributed by atoms with Gasteiger partial charge in [0.2, 0.25) is 15.9 Å². The molecule has 3 N–H and O–H groups in total. The largest absolute Gasteiger partial charge is 0.385 e. The van der Waals surface area contributed by atoms with Crippen molar-refractivity contribution in [3.8, 4) is 0 Å². The van der Waals surface area contributed by atoms with Gasteiger partial charge in [0, 0.05) is 43.8 Å². The van der Waals surface area contributed by atoms with E-state index in [9.17, 15) is 13.2 Å². The minimum Gasteiger partial charge on any atom is -0.385 e. The molecule has 0 bridgehead atoms. The van der Waals surface area contributed by atoms with Crippen LogP contribution >= 0.6 is 0 Å². The van der Waals surface area contributed by atoms with Crippen LogP contribution in [0.3, 0.4) is 0 Å². The standard InChI is InChI=1S/C27H38N4O3S/c1-3-15-29-25-18-24(14-9-20(25)2)35(33,34)30-23-12-10-22(11-13-23)27(32)31-17-16-28-19-26(31)21-7-5-4-6-8-21/h4-9,14,18,22-23,26,28-30H,3,10-13,15-17,19H2,1-2H3/t22?,23?,26-/m1/s1. The second-order valence-electron chi connectivity index (χ2n) is 9.74. The van der Waals surface area contributed by atoms with Crippen molar-refractivity contribution >= 4 is 21.6 Å². The zero-order chi connectivity index (χ0) is 24.8. The van der Waals surface area contributed by atoms with E-state index in [-0.39, 0.29) is 28.8 Å². The average molecular weight is 499 g/mol. The highest BCUT2D eigenvalue weighted by Gasteiger charge is 2.35. The number of sulfonamides is 1. The summed E-state index contributed by atoms with van der Waals surface area (Å²) >= 11 is 0. The predicted octanol–water partition coefficient (Wildman–Crippen LogP) is 3.83. The molecule has 1 heterocycles. The highest BCUT2D eigenvalue weighted by atomic mass is 32.2. The summed E-state index contributed by atoms with van der Waals surface area (Å²) in [7, 11) is -3.62. The molecule has 1 aliphatic heterocycles. The second-order valence-corrected chi connectivity index (χ2v) is 11.4. The van der Waals surface area contributed by atoms with Gasteiger partial charge in [0.1, 0.15) is 0 Å². The van der Waals surface area contributed by atoms with E-state index >= 15 is 0 Å². The van der Waals surface area contributed by atoms with Gasteiger partial charge in [0.25, 0.3) is 0 Å². The average Bonchev–Trinajstić information content (AvgIpc) is 2.88. The lowest BCUT2D eigenvalue weighted by Crippen LogP contribution is -2.51. The Morgan fingerprint density at radius 1 is 1.09 bits per heavy atom. The highest BCUT2D eigenvalue weighted by Crippen LogP contribution is 2.31. The van der Waals surface area contributed by atoms with Crippen LogP contribution in [0, 0.1) is 12.8 Å². The monoisotopic (exact) mass is 498 g/mol. The van der Waals surface area contributed by atoms with E-state index in [4.69, 9.17) is 0 Å². The van der Waals surface area contributed by atoms with E-state index < -0.39 is 10.0 Å². The zero-order valence-electron chi connectivity index (χ0n) is 20.8. The summed E-state index contributed by atoms with van der Waals surface area (Å²) in [5.74, 6) is 0.149. The molecular weight excluding hydrogens is 460 g/mol. The fraction of sp³-hybridized carbons (Fsp3) is 0.519. The number of benzene rings is 2. The van der Waals surface area contributed by atoms with Gasteiger partial charge in [-0.25, -0.2) is 13.1 Å². The zero-order valence-corrected chi connectivity index (χ0v) is 21.6. The Morgan fingerprint density at radius 2 is 1.83 bits per heavy atom. The summed E-state index contributed by atoms with van der Waals surface area (Å²) in [6, 6.07) is 15.3. The molecule has 4 rings (SSSR count). The van der Waals surface area contributed by atoms with E-state index in [1.54, 1.807) is 12.1 Å². The van der Waals surface area contributed by atoms with Gasteiger partial charge in [0.05, 0.1) is 10.9 Å². The molecule has 1 amide bonds. The summed E-state index contributed by atoms with van der Waals surface area (Å²) in [5, 5.41) is 6.72. The van der Waals surface area contributed by atoms with E-state index in [2.05, 4.69) is 34.4 Å². The van der Waals surface area contributed by atoms with Gasteiger partial charge in [-0.15, -0.1) is 0 Å². The van der Waals surface area contributed by atoms with Crippen LogP contribution in [0.2, 0.25) is 0 Å². The van der Waals surface area contributed by atoms with Crippen LogP contribution in [-0.2, 0) is 14.8 Å². The molecule has 1 aliphatic carbocycles. The van der Waals surface area contributed by atoms with Crippen LogP contribution in [0.5, 0.6) is 0 Å². The molecule has 0 unspecified atom stereocenters. The van der Waals surface area contributed by atoms with Gasteiger partial charge in [-0.2, -0.15) is 0 Å². The lowest BCUT2D eigenvalue weighted by atomic mass is 9.85. The van der Waals surface area contributed by atoms with Crippen LogP contribution in [-0.4, -0.2) is 51.4 Å². The summed E-state index contributed by atoms with van der Waals surface area (Å²) in [6.45, 7) is 7.11. The third-order valence-electron chi connectivity index (χ3n) is 7.19. The SMILES string of the molecule is CCCNc1cc(S(=O)(=O)NC2CCC(C(=O)N3CCNC[C@@H]3c3ccccc3)CC2)ccc1C. The maximum absolute atomic E-state index is 13.5. The van der Waals surface area contributed by atoms with Crippen LogP contribution in [0.15, 0.2) is 53.4 Å². The first-order chi connectivity index (χ1) is 16.9. The van der Waals surface area contributed by atoms with Crippen molar-refractivity contribution in [3.63, 3.8) is 0 Å². The molecular formula is C27H38N4O3S. The van der Waals surface area contributed by atoms with E-state index in [1.807, 2.05) is 36.1 Å². The molecule has 190 valence electrons. The van der Waals surface area contributed by atoms with Crippen molar-refractivity contribution in [2.24, 2.45) is 5.92 Å². The highest BCUT2D eigenvalue weighted by molar-refractivity contribution is 7.89. The number of amides is 1. The number of carbonyl (C=O) groups excluding carboxylic acids is 1. The molecule has 0 spiro atoms. The van der Waals surface area contributed by atoms with Gasteiger partial charge >= 0.3 is 0 Å². The molecule has 0 radical (unpaired) electrons. The van der Waals surface area contributed by atoms with Crippen molar-refractivity contribution in [2.45, 2.75) is 62.9 Å². The summed E-state index contributed by atoms with van der Waals surface area (Å²) < 4.78 is 29.1. The molecule has 1 atom stereocenters. The Hall–Kier alpha value is -2.42. The Kier molecular flexibility index (Phi) is 8.46. The molecule has 7 nitrogen and oxygen atoms in total. The maximum atomic E-state index is 13.5. The Balaban J connectivity index is 1.36. The number of nitrogens with zero attached hydrogens (tertiary/aromatic N) is 1. The van der Waals surface area contributed by atoms with Crippen molar-refractivity contribution in [1.29, 1.82) is 0 Å². The van der Waals surface area contributed by atoms with Crippen molar-refractivity contribution in [1.82, 2.24) is 14.9 Å². The quantitative estimate of drug-likeness (QED) is 0.515. The maximum Gasteiger partial charge on any atom is 0.240 e. The first-order valence-electron chi connectivity index (χ1n) is 12.8. The molecule has 35 heavy (non-hydrogen) atoms. The minimum absolute atomic E-state index is 0.0470. The molecule has 1 saturated heterocycles. The predicted molar refractivity (Wildman–Crippen MR) is 140 cm³/mol. The second kappa shape index (κ2) is 11.5. The van der Waals surface area contributed by atoms with Crippen molar-refractivity contribution in [2.75, 3.05) is 31.5 Å². The van der Waals surface area contributed by atoms with Gasteiger partial charge in [0.15, 0.2) is 0 Å². The van der Waals surface area contributed by atoms with Gasteiger partial charge in [-0.1, -0.05) is 43.3 Å². The van der Waals surface area contributed by atoms with Crippen LogP contribution in [0.25, 0.3) is 0 Å². The number of carbonyl (C=O) groups is 1. The number of hydrogen-bond donors (Lipinski definition) is 3. The number of rotatable bonds is 8. The number of nitrogens with one attached hydrogen (secondary N) is 3. The Labute approximate surface area is 209 Å². The summed E-state index contributed by atoms with van der Waals surface area (Å²) in [5.41, 5.74) is 3.03. The lowest BCUT2D eigenvalue weighted by molar-refractivity contribution is -0.140. The minimum atomic E-state index is -3.62. The van der Waals surface area contributed by atoms with Gasteiger partial charge < -0.3 is 15.5 Å². The smallest absolute Gasteiger partial charge is 0.240 e. The fourth-order valence-electron chi connectivity index (χ4n) is 5.14. The number of hydrogen-bond acceptors (Lipinski definition) is 5. The number of anilines is 1. The van der Waals surface area contributed by atoms with Crippen molar-refractivity contribution < 1.29 is 13.2 Å². The van der Waals surface area contributed by atoms with Gasteiger partial charge in [-0.3, -0.25) is 4.79 Å². The fourth-order valence-corrected chi connectivity index (χ4v) is 6.47. The molecule has 1 saturated carbocycles. The first kappa shape index (κ1) is 25.7.